The smallest absolute Gasteiger partial charge is 0.144 e. The number of ether oxygens (including phenoxy) is 2. The van der Waals surface area contributed by atoms with E-state index in [1.165, 1.54) is 0 Å². The molecule has 1 atom stereocenters. The second-order valence-corrected chi connectivity index (χ2v) is 8.57. The molecule has 134 valence electrons. The zero-order valence-electron chi connectivity index (χ0n) is 15.2. The van der Waals surface area contributed by atoms with E-state index >= 15 is 0 Å². The van der Waals surface area contributed by atoms with Gasteiger partial charge in [-0.25, -0.2) is 0 Å². The Morgan fingerprint density at radius 1 is 0.960 bits per heavy atom. The standard InChI is InChI=1S/C20H25NO3S/c1-20(2,3)25(22)21-14-13-16-5-11-19(12-6-16)24-15-17-7-9-18(23-4)10-8-17/h5-12,14H,13,15H2,1-4H3/b21-14+/t25-/m0/s1. The maximum absolute atomic E-state index is 11.9. The number of methoxy groups -OCH3 is 1. The Labute approximate surface area is 153 Å². The van der Waals surface area contributed by atoms with Gasteiger partial charge < -0.3 is 14.0 Å². The van der Waals surface area contributed by atoms with Gasteiger partial charge >= 0.3 is 0 Å². The largest absolute Gasteiger partial charge is 0.591 e. The second kappa shape index (κ2) is 8.92. The molecule has 0 amide bonds. The van der Waals surface area contributed by atoms with Gasteiger partial charge in [0.15, 0.2) is 0 Å². The second-order valence-electron chi connectivity index (χ2n) is 6.63. The molecule has 0 unspecified atom stereocenters. The highest BCUT2D eigenvalue weighted by Crippen LogP contribution is 2.18. The molecule has 0 bridgehead atoms. The van der Waals surface area contributed by atoms with Crippen LogP contribution in [0.2, 0.25) is 0 Å². The number of hydrogen-bond donors (Lipinski definition) is 0. The summed E-state index contributed by atoms with van der Waals surface area (Å²) < 4.78 is 26.6. The van der Waals surface area contributed by atoms with Crippen LogP contribution in [-0.4, -0.2) is 22.6 Å². The fourth-order valence-corrected chi connectivity index (χ4v) is 2.50. The van der Waals surface area contributed by atoms with Gasteiger partial charge in [-0.15, -0.1) is 0 Å². The molecule has 2 aromatic carbocycles. The molecule has 25 heavy (non-hydrogen) atoms. The minimum atomic E-state index is -1.21. The van der Waals surface area contributed by atoms with Crippen molar-refractivity contribution < 1.29 is 14.0 Å². The molecule has 0 radical (unpaired) electrons. The molecular formula is C20H25NO3S. The summed E-state index contributed by atoms with van der Waals surface area (Å²) in [6.07, 6.45) is 2.37. The normalized spacial score (nSPS) is 13.0. The highest BCUT2D eigenvalue weighted by molar-refractivity contribution is 7.91. The molecule has 0 saturated carbocycles. The first kappa shape index (κ1) is 19.3. The Hall–Kier alpha value is -1.98. The summed E-state index contributed by atoms with van der Waals surface area (Å²) in [5, 5.41) is 0. The maximum atomic E-state index is 11.9. The zero-order chi connectivity index (χ0) is 18.3. The fourth-order valence-electron chi connectivity index (χ4n) is 1.98. The lowest BCUT2D eigenvalue weighted by Crippen LogP contribution is -2.25. The molecule has 0 heterocycles. The zero-order valence-corrected chi connectivity index (χ0v) is 16.0. The summed E-state index contributed by atoms with van der Waals surface area (Å²) in [7, 11) is 1.65. The van der Waals surface area contributed by atoms with Gasteiger partial charge in [-0.1, -0.05) is 28.7 Å². The molecule has 0 N–H and O–H groups in total. The fraction of sp³-hybridized carbons (Fsp3) is 0.350. The highest BCUT2D eigenvalue weighted by atomic mass is 32.2. The summed E-state index contributed by atoms with van der Waals surface area (Å²) in [6, 6.07) is 15.7. The molecule has 0 aliphatic carbocycles. The molecule has 0 saturated heterocycles. The topological polar surface area (TPSA) is 53.9 Å². The van der Waals surface area contributed by atoms with Crippen molar-refractivity contribution >= 4 is 17.6 Å². The number of nitrogens with zero attached hydrogens (tertiary/aromatic N) is 1. The van der Waals surface area contributed by atoms with Crippen LogP contribution in [0.5, 0.6) is 11.5 Å². The number of benzene rings is 2. The van der Waals surface area contributed by atoms with Crippen molar-refractivity contribution in [3.63, 3.8) is 0 Å². The minimum absolute atomic E-state index is 0.324. The van der Waals surface area contributed by atoms with Gasteiger partial charge in [0.2, 0.25) is 0 Å². The average molecular weight is 359 g/mol. The lowest BCUT2D eigenvalue weighted by atomic mass is 10.1. The predicted octanol–water partition coefficient (Wildman–Crippen LogP) is 4.35. The van der Waals surface area contributed by atoms with Crippen LogP contribution < -0.4 is 9.47 Å². The molecule has 0 spiro atoms. The first-order chi connectivity index (χ1) is 11.9. The first-order valence-corrected chi connectivity index (χ1v) is 9.28. The Kier molecular flexibility index (Phi) is 6.91. The molecule has 2 aromatic rings. The van der Waals surface area contributed by atoms with E-state index in [-0.39, 0.29) is 4.75 Å². The number of rotatable bonds is 7. The molecule has 0 aromatic heterocycles. The van der Waals surface area contributed by atoms with E-state index in [1.54, 1.807) is 13.3 Å². The van der Waals surface area contributed by atoms with Crippen molar-refractivity contribution in [2.24, 2.45) is 4.40 Å². The van der Waals surface area contributed by atoms with Crippen molar-refractivity contribution in [1.82, 2.24) is 0 Å². The lowest BCUT2D eigenvalue weighted by Gasteiger charge is -2.17. The summed E-state index contributed by atoms with van der Waals surface area (Å²) in [6.45, 7) is 6.25. The van der Waals surface area contributed by atoms with Gasteiger partial charge in [0.05, 0.1) is 13.3 Å². The van der Waals surface area contributed by atoms with Crippen molar-refractivity contribution in [3.05, 3.63) is 59.7 Å². The molecule has 0 aliphatic rings. The Morgan fingerprint density at radius 2 is 1.52 bits per heavy atom. The van der Waals surface area contributed by atoms with Crippen LogP contribution in [-0.2, 0) is 24.4 Å². The van der Waals surface area contributed by atoms with Gasteiger partial charge in [0.1, 0.15) is 34.2 Å². The van der Waals surface area contributed by atoms with E-state index in [0.29, 0.717) is 13.0 Å². The maximum Gasteiger partial charge on any atom is 0.144 e. The molecule has 2 rings (SSSR count). The van der Waals surface area contributed by atoms with Crippen LogP contribution in [0.1, 0.15) is 31.9 Å². The van der Waals surface area contributed by atoms with Gasteiger partial charge in [-0.2, -0.15) is 0 Å². The highest BCUT2D eigenvalue weighted by Gasteiger charge is 2.25. The Morgan fingerprint density at radius 3 is 2.08 bits per heavy atom. The van der Waals surface area contributed by atoms with Crippen LogP contribution in [0, 0.1) is 0 Å². The molecule has 5 heteroatoms. The van der Waals surface area contributed by atoms with Gasteiger partial charge in [-0.05, 0) is 56.2 Å². The quantitative estimate of drug-likeness (QED) is 0.545. The van der Waals surface area contributed by atoms with Gasteiger partial charge in [0, 0.05) is 6.42 Å². The van der Waals surface area contributed by atoms with E-state index in [1.807, 2.05) is 69.3 Å². The third-order valence-electron chi connectivity index (χ3n) is 3.51. The third-order valence-corrected chi connectivity index (χ3v) is 4.90. The van der Waals surface area contributed by atoms with E-state index in [0.717, 1.165) is 22.6 Å². The summed E-state index contributed by atoms with van der Waals surface area (Å²) >= 11 is -1.21. The molecule has 4 nitrogen and oxygen atoms in total. The summed E-state index contributed by atoms with van der Waals surface area (Å²) in [4.78, 5) is 0. The van der Waals surface area contributed by atoms with Gasteiger partial charge in [0.25, 0.3) is 0 Å². The van der Waals surface area contributed by atoms with E-state index in [2.05, 4.69) is 4.40 Å². The summed E-state index contributed by atoms with van der Waals surface area (Å²) in [5.41, 5.74) is 2.19. The Balaban J connectivity index is 1.84. The van der Waals surface area contributed by atoms with Crippen LogP contribution in [0.4, 0.5) is 0 Å². The van der Waals surface area contributed by atoms with Gasteiger partial charge in [-0.3, -0.25) is 0 Å². The van der Waals surface area contributed by atoms with E-state index in [4.69, 9.17) is 9.47 Å². The van der Waals surface area contributed by atoms with Crippen LogP contribution >= 0.6 is 0 Å². The van der Waals surface area contributed by atoms with Crippen molar-refractivity contribution in [3.8, 4) is 11.5 Å². The molecule has 0 aliphatic heterocycles. The lowest BCUT2D eigenvalue weighted by molar-refractivity contribution is 0.306. The predicted molar refractivity (Wildman–Crippen MR) is 104 cm³/mol. The van der Waals surface area contributed by atoms with Crippen LogP contribution in [0.15, 0.2) is 52.9 Å². The first-order valence-electron chi connectivity index (χ1n) is 8.17. The van der Waals surface area contributed by atoms with Crippen molar-refractivity contribution in [2.75, 3.05) is 7.11 Å². The van der Waals surface area contributed by atoms with Crippen LogP contribution in [0.25, 0.3) is 0 Å². The summed E-state index contributed by atoms with van der Waals surface area (Å²) in [5.74, 6) is 1.65. The van der Waals surface area contributed by atoms with Crippen LogP contribution in [0.3, 0.4) is 0 Å². The average Bonchev–Trinajstić information content (AvgIpc) is 2.60. The molecule has 0 fully saturated rings. The Bertz CT molecular complexity index is 676. The van der Waals surface area contributed by atoms with Crippen molar-refractivity contribution in [1.29, 1.82) is 0 Å². The van der Waals surface area contributed by atoms with Crippen molar-refractivity contribution in [2.45, 2.75) is 38.5 Å². The minimum Gasteiger partial charge on any atom is -0.591 e. The third kappa shape index (κ3) is 6.44. The number of hydrogen-bond acceptors (Lipinski definition) is 4. The monoisotopic (exact) mass is 359 g/mol. The molecular weight excluding hydrogens is 334 g/mol. The van der Waals surface area contributed by atoms with E-state index < -0.39 is 11.4 Å². The van der Waals surface area contributed by atoms with E-state index in [9.17, 15) is 4.55 Å². The SMILES string of the molecule is COc1ccc(COc2ccc(C/C=N/[S@@+]([O-])C(C)(C)C)cc2)cc1.